The molecule has 5 aliphatic rings. The van der Waals surface area contributed by atoms with Crippen molar-refractivity contribution in [3.05, 3.63) is 24.3 Å². The van der Waals surface area contributed by atoms with E-state index in [1.54, 1.807) is 0 Å². The van der Waals surface area contributed by atoms with Crippen LogP contribution >= 0.6 is 0 Å². The summed E-state index contributed by atoms with van der Waals surface area (Å²) in [4.78, 5) is 25.7. The minimum atomic E-state index is -0.706. The summed E-state index contributed by atoms with van der Waals surface area (Å²) in [5.74, 6) is 0.0526. The van der Waals surface area contributed by atoms with Gasteiger partial charge in [0.15, 0.2) is 0 Å². The molecule has 1 aliphatic heterocycles. The molecule has 0 amide bonds. The summed E-state index contributed by atoms with van der Waals surface area (Å²) < 4.78 is 11.4. The van der Waals surface area contributed by atoms with E-state index in [1.807, 2.05) is 13.0 Å². The number of allylic oxidation sites excluding steroid dienone is 1. The SMILES string of the molecule is C=C1C[C@]23CC1CC[C@H]2[C@@]12CC=CC(C)(C(=O)O1)[C@H]2[C@@H]3C(=O)OC. The summed E-state index contributed by atoms with van der Waals surface area (Å²) in [6.45, 7) is 6.25. The summed E-state index contributed by atoms with van der Waals surface area (Å²) in [5.41, 5.74) is -0.0783. The van der Waals surface area contributed by atoms with Gasteiger partial charge in [-0.2, -0.15) is 0 Å². The Balaban J connectivity index is 1.75. The molecule has 4 bridgehead atoms. The molecule has 1 heterocycles. The van der Waals surface area contributed by atoms with Crippen LogP contribution in [0.1, 0.15) is 39.0 Å². The van der Waals surface area contributed by atoms with Gasteiger partial charge < -0.3 is 9.47 Å². The van der Waals surface area contributed by atoms with Gasteiger partial charge in [0.2, 0.25) is 0 Å². The fourth-order valence-corrected chi connectivity index (χ4v) is 7.35. The first-order chi connectivity index (χ1) is 11.4. The third-order valence-electron chi connectivity index (χ3n) is 8.05. The molecule has 1 saturated heterocycles. The lowest BCUT2D eigenvalue weighted by Gasteiger charge is -2.43. The molecule has 0 aromatic heterocycles. The monoisotopic (exact) mass is 328 g/mol. The van der Waals surface area contributed by atoms with E-state index in [4.69, 9.17) is 9.47 Å². The number of fused-ring (bicyclic) bond motifs is 1. The Morgan fingerprint density at radius 1 is 1.42 bits per heavy atom. The van der Waals surface area contributed by atoms with Crippen LogP contribution in [0.3, 0.4) is 0 Å². The zero-order valence-electron chi connectivity index (χ0n) is 14.3. The molecule has 128 valence electrons. The second kappa shape index (κ2) is 4.14. The maximum Gasteiger partial charge on any atom is 0.316 e. The number of hydrogen-bond donors (Lipinski definition) is 0. The Kier molecular flexibility index (Phi) is 2.55. The number of ether oxygens (including phenoxy) is 2. The predicted molar refractivity (Wildman–Crippen MR) is 86.7 cm³/mol. The zero-order valence-corrected chi connectivity index (χ0v) is 14.3. The van der Waals surface area contributed by atoms with Crippen LogP contribution in [-0.4, -0.2) is 24.6 Å². The Morgan fingerprint density at radius 3 is 2.96 bits per heavy atom. The van der Waals surface area contributed by atoms with Gasteiger partial charge in [0.25, 0.3) is 0 Å². The van der Waals surface area contributed by atoms with Crippen LogP contribution in [0.25, 0.3) is 0 Å². The number of methoxy groups -OCH3 is 1. The quantitative estimate of drug-likeness (QED) is 0.548. The molecule has 0 aromatic carbocycles. The number of carbonyl (C=O) groups excluding carboxylic acids is 2. The van der Waals surface area contributed by atoms with E-state index in [0.29, 0.717) is 5.92 Å². The van der Waals surface area contributed by atoms with Crippen molar-refractivity contribution in [2.75, 3.05) is 7.11 Å². The van der Waals surface area contributed by atoms with Crippen molar-refractivity contribution in [3.8, 4) is 0 Å². The maximum atomic E-state index is 12.9. The van der Waals surface area contributed by atoms with Gasteiger partial charge in [-0.25, -0.2) is 0 Å². The minimum Gasteiger partial charge on any atom is -0.469 e. The van der Waals surface area contributed by atoms with Gasteiger partial charge in [-0.05, 0) is 43.9 Å². The van der Waals surface area contributed by atoms with Crippen molar-refractivity contribution in [2.45, 2.75) is 44.6 Å². The van der Waals surface area contributed by atoms with Gasteiger partial charge in [-0.1, -0.05) is 24.3 Å². The molecule has 1 spiro atoms. The first-order valence-electron chi connectivity index (χ1n) is 9.06. The predicted octanol–water partition coefficient (Wildman–Crippen LogP) is 3.03. The highest BCUT2D eigenvalue weighted by molar-refractivity contribution is 5.87. The van der Waals surface area contributed by atoms with Gasteiger partial charge in [-0.3, -0.25) is 9.59 Å². The second-order valence-electron chi connectivity index (χ2n) is 8.81. The summed E-state index contributed by atoms with van der Waals surface area (Å²) in [5, 5.41) is 0. The van der Waals surface area contributed by atoms with Crippen LogP contribution < -0.4 is 0 Å². The van der Waals surface area contributed by atoms with Crippen LogP contribution in [0.2, 0.25) is 0 Å². The molecular formula is C20H24O4. The molecule has 2 unspecified atom stereocenters. The van der Waals surface area contributed by atoms with Gasteiger partial charge in [0.05, 0.1) is 18.4 Å². The van der Waals surface area contributed by atoms with E-state index in [0.717, 1.165) is 32.1 Å². The highest BCUT2D eigenvalue weighted by atomic mass is 16.6. The van der Waals surface area contributed by atoms with E-state index in [-0.39, 0.29) is 35.1 Å². The van der Waals surface area contributed by atoms with Crippen molar-refractivity contribution < 1.29 is 19.1 Å². The number of esters is 2. The second-order valence-corrected chi connectivity index (χ2v) is 8.81. The average Bonchev–Trinajstić information content (AvgIpc) is 2.99. The largest absolute Gasteiger partial charge is 0.469 e. The minimum absolute atomic E-state index is 0.107. The van der Waals surface area contributed by atoms with Crippen molar-refractivity contribution in [1.29, 1.82) is 0 Å². The summed E-state index contributed by atoms with van der Waals surface area (Å²) in [6, 6.07) is 0. The van der Waals surface area contributed by atoms with Gasteiger partial charge in [-0.15, -0.1) is 0 Å². The first-order valence-corrected chi connectivity index (χ1v) is 9.06. The Hall–Kier alpha value is -1.58. The first kappa shape index (κ1) is 14.7. The summed E-state index contributed by atoms with van der Waals surface area (Å²) in [7, 11) is 1.47. The van der Waals surface area contributed by atoms with Crippen molar-refractivity contribution in [1.82, 2.24) is 0 Å². The molecule has 0 N–H and O–H groups in total. The normalized spacial score (nSPS) is 53.6. The van der Waals surface area contributed by atoms with E-state index in [9.17, 15) is 9.59 Å². The molecule has 3 saturated carbocycles. The molecule has 4 nitrogen and oxygen atoms in total. The van der Waals surface area contributed by atoms with E-state index >= 15 is 0 Å². The lowest BCUT2D eigenvalue weighted by Crippen LogP contribution is -2.45. The molecule has 7 atom stereocenters. The van der Waals surface area contributed by atoms with E-state index in [1.165, 1.54) is 12.7 Å². The van der Waals surface area contributed by atoms with Gasteiger partial charge in [0.1, 0.15) is 5.60 Å². The standard InChI is InChI=1S/C20H24O4/c1-11-9-19-10-12(11)5-6-13(19)20-8-4-7-18(2,17(22)24-20)15(20)14(19)16(21)23-3/h4,7,12-15H,1,5-6,8-10H2,2-3H3/t12?,13-,14-,15-,18?,19+,20-/m1/s1. The highest BCUT2D eigenvalue weighted by Gasteiger charge is 2.81. The average molecular weight is 328 g/mol. The fraction of sp³-hybridized carbons (Fsp3) is 0.700. The van der Waals surface area contributed by atoms with Crippen LogP contribution in [0.5, 0.6) is 0 Å². The highest BCUT2D eigenvalue weighted by Crippen LogP contribution is 2.77. The molecular weight excluding hydrogens is 304 g/mol. The van der Waals surface area contributed by atoms with Crippen LogP contribution in [-0.2, 0) is 19.1 Å². The van der Waals surface area contributed by atoms with Gasteiger partial charge >= 0.3 is 11.9 Å². The third kappa shape index (κ3) is 1.32. The zero-order chi connectivity index (χ0) is 16.9. The Labute approximate surface area is 142 Å². The third-order valence-corrected chi connectivity index (χ3v) is 8.05. The number of hydrogen-bond acceptors (Lipinski definition) is 4. The summed E-state index contributed by atoms with van der Waals surface area (Å²) >= 11 is 0. The lowest BCUT2D eigenvalue weighted by atomic mass is 9.62. The molecule has 4 heteroatoms. The molecule has 4 aliphatic carbocycles. The molecule has 0 radical (unpaired) electrons. The van der Waals surface area contributed by atoms with Crippen LogP contribution in [0, 0.1) is 34.5 Å². The van der Waals surface area contributed by atoms with Gasteiger partial charge in [0, 0.05) is 18.3 Å². The molecule has 24 heavy (non-hydrogen) atoms. The smallest absolute Gasteiger partial charge is 0.316 e. The van der Waals surface area contributed by atoms with Crippen molar-refractivity contribution in [3.63, 3.8) is 0 Å². The van der Waals surface area contributed by atoms with E-state index in [2.05, 4.69) is 12.7 Å². The molecule has 5 rings (SSSR count). The van der Waals surface area contributed by atoms with E-state index < -0.39 is 11.0 Å². The molecule has 4 fully saturated rings. The summed E-state index contributed by atoms with van der Waals surface area (Å²) in [6.07, 6.45) is 8.82. The van der Waals surface area contributed by atoms with Crippen LogP contribution in [0.15, 0.2) is 24.3 Å². The fourth-order valence-electron chi connectivity index (χ4n) is 7.35. The number of rotatable bonds is 1. The van der Waals surface area contributed by atoms with Crippen molar-refractivity contribution in [2.24, 2.45) is 34.5 Å². The number of carbonyl (C=O) groups is 2. The van der Waals surface area contributed by atoms with Crippen molar-refractivity contribution >= 4 is 11.9 Å². The topological polar surface area (TPSA) is 52.6 Å². The lowest BCUT2D eigenvalue weighted by molar-refractivity contribution is -0.160. The maximum absolute atomic E-state index is 12.9. The molecule has 0 aromatic rings. The Morgan fingerprint density at radius 2 is 2.21 bits per heavy atom. The Bertz CT molecular complexity index is 708. The van der Waals surface area contributed by atoms with Crippen LogP contribution in [0.4, 0.5) is 0 Å².